The molecule has 2 aromatic rings. The van der Waals surface area contributed by atoms with Crippen LogP contribution in [0.15, 0.2) is 47.5 Å². The summed E-state index contributed by atoms with van der Waals surface area (Å²) in [4.78, 5) is 16.1. The standard InChI is InChI=1S/C19H24N4O/c1-4-21-18(24)16-7-5-15(6-8-16)12-22-19(20)23-17-10-13(2)9-14(3)11-17/h5-11H,4,12H2,1-3H3,(H,21,24)(H3,20,22,23). The average molecular weight is 324 g/mol. The molecule has 0 aliphatic rings. The van der Waals surface area contributed by atoms with Crippen molar-refractivity contribution in [3.05, 3.63) is 64.7 Å². The molecule has 0 heterocycles. The predicted octanol–water partition coefficient (Wildman–Crippen LogP) is 2.98. The molecule has 1 amide bonds. The number of aliphatic imine (C=N–C) groups is 1. The van der Waals surface area contributed by atoms with Crippen molar-refractivity contribution in [1.82, 2.24) is 5.32 Å². The van der Waals surface area contributed by atoms with E-state index in [1.54, 1.807) is 12.1 Å². The van der Waals surface area contributed by atoms with Crippen LogP contribution in [-0.4, -0.2) is 18.4 Å². The van der Waals surface area contributed by atoms with E-state index >= 15 is 0 Å². The van der Waals surface area contributed by atoms with E-state index in [2.05, 4.69) is 21.7 Å². The van der Waals surface area contributed by atoms with E-state index in [1.165, 1.54) is 11.1 Å². The van der Waals surface area contributed by atoms with Gasteiger partial charge in [-0.15, -0.1) is 0 Å². The van der Waals surface area contributed by atoms with Crippen molar-refractivity contribution in [3.63, 3.8) is 0 Å². The van der Waals surface area contributed by atoms with Gasteiger partial charge in [0, 0.05) is 17.8 Å². The van der Waals surface area contributed by atoms with Crippen molar-refractivity contribution in [2.75, 3.05) is 11.9 Å². The van der Waals surface area contributed by atoms with Crippen LogP contribution in [-0.2, 0) is 6.54 Å². The van der Waals surface area contributed by atoms with E-state index < -0.39 is 0 Å². The molecule has 5 nitrogen and oxygen atoms in total. The molecule has 2 aromatic carbocycles. The molecule has 0 aliphatic carbocycles. The van der Waals surface area contributed by atoms with Crippen molar-refractivity contribution in [1.29, 1.82) is 0 Å². The number of hydrogen-bond acceptors (Lipinski definition) is 2. The second-order valence-electron chi connectivity index (χ2n) is 5.76. The fraction of sp³-hybridized carbons (Fsp3) is 0.263. The van der Waals surface area contributed by atoms with Gasteiger partial charge in [-0.25, -0.2) is 4.99 Å². The Kier molecular flexibility index (Phi) is 5.95. The van der Waals surface area contributed by atoms with Gasteiger partial charge >= 0.3 is 0 Å². The second-order valence-corrected chi connectivity index (χ2v) is 5.76. The van der Waals surface area contributed by atoms with Crippen molar-refractivity contribution < 1.29 is 4.79 Å². The van der Waals surface area contributed by atoms with Gasteiger partial charge < -0.3 is 16.4 Å². The highest BCUT2D eigenvalue weighted by Gasteiger charge is 2.03. The molecule has 0 unspecified atom stereocenters. The number of carbonyl (C=O) groups excluding carboxylic acids is 1. The highest BCUT2D eigenvalue weighted by atomic mass is 16.1. The van der Waals surface area contributed by atoms with Gasteiger partial charge in [0.2, 0.25) is 0 Å². The number of rotatable bonds is 5. The van der Waals surface area contributed by atoms with Gasteiger partial charge in [-0.05, 0) is 61.7 Å². The number of benzene rings is 2. The molecule has 0 spiro atoms. The van der Waals surface area contributed by atoms with E-state index in [4.69, 9.17) is 5.73 Å². The van der Waals surface area contributed by atoms with Gasteiger partial charge in [-0.2, -0.15) is 0 Å². The third-order valence-electron chi connectivity index (χ3n) is 3.48. The van der Waals surface area contributed by atoms with Gasteiger partial charge in [-0.1, -0.05) is 18.2 Å². The molecule has 0 aliphatic heterocycles. The minimum atomic E-state index is -0.0662. The topological polar surface area (TPSA) is 79.5 Å². The summed E-state index contributed by atoms with van der Waals surface area (Å²) in [5.74, 6) is 0.302. The molecular weight excluding hydrogens is 300 g/mol. The molecule has 0 fully saturated rings. The first-order valence-electron chi connectivity index (χ1n) is 8.00. The molecule has 0 saturated carbocycles. The number of carbonyl (C=O) groups is 1. The fourth-order valence-electron chi connectivity index (χ4n) is 2.43. The zero-order valence-corrected chi connectivity index (χ0v) is 14.4. The maximum atomic E-state index is 11.7. The van der Waals surface area contributed by atoms with Crippen LogP contribution < -0.4 is 16.4 Å². The summed E-state index contributed by atoms with van der Waals surface area (Å²) in [6, 6.07) is 13.5. The van der Waals surface area contributed by atoms with Crippen LogP contribution in [0.1, 0.15) is 34.0 Å². The number of nitrogens with zero attached hydrogens (tertiary/aromatic N) is 1. The number of hydrogen-bond donors (Lipinski definition) is 3. The molecule has 5 heteroatoms. The fourth-order valence-corrected chi connectivity index (χ4v) is 2.43. The first kappa shape index (κ1) is 17.5. The summed E-state index contributed by atoms with van der Waals surface area (Å²) in [5, 5.41) is 5.88. The normalized spacial score (nSPS) is 11.2. The molecule has 126 valence electrons. The van der Waals surface area contributed by atoms with E-state index in [0.29, 0.717) is 24.6 Å². The first-order chi connectivity index (χ1) is 11.5. The van der Waals surface area contributed by atoms with Crippen molar-refractivity contribution in [2.24, 2.45) is 10.7 Å². The Morgan fingerprint density at radius 3 is 2.29 bits per heavy atom. The largest absolute Gasteiger partial charge is 0.370 e. The van der Waals surface area contributed by atoms with Gasteiger partial charge in [0.1, 0.15) is 0 Å². The smallest absolute Gasteiger partial charge is 0.251 e. The van der Waals surface area contributed by atoms with Crippen molar-refractivity contribution in [3.8, 4) is 0 Å². The Bertz CT molecular complexity index is 715. The summed E-state index contributed by atoms with van der Waals surface area (Å²) < 4.78 is 0. The number of amides is 1. The van der Waals surface area contributed by atoms with E-state index in [1.807, 2.05) is 45.0 Å². The van der Waals surface area contributed by atoms with E-state index in [9.17, 15) is 4.79 Å². The first-order valence-corrected chi connectivity index (χ1v) is 8.00. The van der Waals surface area contributed by atoms with Crippen LogP contribution in [0.25, 0.3) is 0 Å². The molecule has 2 rings (SSSR count). The third-order valence-corrected chi connectivity index (χ3v) is 3.48. The van der Waals surface area contributed by atoms with Crippen LogP contribution in [0.2, 0.25) is 0 Å². The maximum Gasteiger partial charge on any atom is 0.251 e. The zero-order valence-electron chi connectivity index (χ0n) is 14.4. The van der Waals surface area contributed by atoms with Gasteiger partial charge in [0.25, 0.3) is 5.91 Å². The number of nitrogens with one attached hydrogen (secondary N) is 2. The SMILES string of the molecule is CCNC(=O)c1ccc(CN=C(N)Nc2cc(C)cc(C)c2)cc1. The highest BCUT2D eigenvalue weighted by Crippen LogP contribution is 2.13. The van der Waals surface area contributed by atoms with Crippen molar-refractivity contribution >= 4 is 17.6 Å². The Balaban J connectivity index is 1.98. The highest BCUT2D eigenvalue weighted by molar-refractivity contribution is 5.94. The van der Waals surface area contributed by atoms with Crippen LogP contribution in [0.5, 0.6) is 0 Å². The molecule has 0 atom stereocenters. The second kappa shape index (κ2) is 8.15. The minimum absolute atomic E-state index is 0.0662. The number of anilines is 1. The lowest BCUT2D eigenvalue weighted by atomic mass is 10.1. The Morgan fingerprint density at radius 1 is 1.08 bits per heavy atom. The Labute approximate surface area is 143 Å². The summed E-state index contributed by atoms with van der Waals surface area (Å²) in [5.41, 5.74) is 10.9. The van der Waals surface area contributed by atoms with Crippen LogP contribution in [0.3, 0.4) is 0 Å². The zero-order chi connectivity index (χ0) is 17.5. The molecule has 0 aromatic heterocycles. The van der Waals surface area contributed by atoms with Gasteiger partial charge in [0.05, 0.1) is 6.54 Å². The summed E-state index contributed by atoms with van der Waals surface area (Å²) in [6.45, 7) is 7.06. The molecule has 0 radical (unpaired) electrons. The summed E-state index contributed by atoms with van der Waals surface area (Å²) in [7, 11) is 0. The van der Waals surface area contributed by atoms with Crippen LogP contribution in [0, 0.1) is 13.8 Å². The Morgan fingerprint density at radius 2 is 1.71 bits per heavy atom. The summed E-state index contributed by atoms with van der Waals surface area (Å²) in [6.07, 6.45) is 0. The number of guanidine groups is 1. The molecular formula is C19H24N4O. The lowest BCUT2D eigenvalue weighted by Crippen LogP contribution is -2.23. The molecule has 4 N–H and O–H groups in total. The summed E-state index contributed by atoms with van der Waals surface area (Å²) >= 11 is 0. The average Bonchev–Trinajstić information content (AvgIpc) is 2.52. The maximum absolute atomic E-state index is 11.7. The lowest BCUT2D eigenvalue weighted by molar-refractivity contribution is 0.0956. The van der Waals surface area contributed by atoms with E-state index in [-0.39, 0.29) is 5.91 Å². The van der Waals surface area contributed by atoms with E-state index in [0.717, 1.165) is 11.3 Å². The molecule has 0 bridgehead atoms. The van der Waals surface area contributed by atoms with Gasteiger partial charge in [0.15, 0.2) is 5.96 Å². The number of aryl methyl sites for hydroxylation is 2. The van der Waals surface area contributed by atoms with Crippen LogP contribution in [0.4, 0.5) is 5.69 Å². The third kappa shape index (κ3) is 5.12. The van der Waals surface area contributed by atoms with Gasteiger partial charge in [-0.3, -0.25) is 4.79 Å². The van der Waals surface area contributed by atoms with Crippen molar-refractivity contribution in [2.45, 2.75) is 27.3 Å². The minimum Gasteiger partial charge on any atom is -0.370 e. The van der Waals surface area contributed by atoms with Crippen LogP contribution >= 0.6 is 0 Å². The predicted molar refractivity (Wildman–Crippen MR) is 99.3 cm³/mol. The monoisotopic (exact) mass is 324 g/mol. The molecule has 0 saturated heterocycles. The quantitative estimate of drug-likeness (QED) is 0.584. The Hall–Kier alpha value is -2.82. The number of nitrogens with two attached hydrogens (primary N) is 1. The lowest BCUT2D eigenvalue weighted by Gasteiger charge is -2.08. The molecule has 24 heavy (non-hydrogen) atoms.